The van der Waals surface area contributed by atoms with Gasteiger partial charge in [-0.25, -0.2) is 0 Å². The summed E-state index contributed by atoms with van der Waals surface area (Å²) >= 11 is 6.18. The van der Waals surface area contributed by atoms with E-state index in [9.17, 15) is 0 Å². The molecule has 3 nitrogen and oxygen atoms in total. The smallest absolute Gasteiger partial charge is 0.137 e. The van der Waals surface area contributed by atoms with Gasteiger partial charge in [-0.3, -0.25) is 4.98 Å². The third-order valence-electron chi connectivity index (χ3n) is 2.77. The third-order valence-corrected chi connectivity index (χ3v) is 3.07. The molecule has 1 aromatic carbocycles. The van der Waals surface area contributed by atoms with Crippen LogP contribution in [-0.4, -0.2) is 18.6 Å². The first-order valence-electron chi connectivity index (χ1n) is 6.24. The van der Waals surface area contributed by atoms with Crippen LogP contribution in [0, 0.1) is 0 Å². The van der Waals surface area contributed by atoms with Gasteiger partial charge in [-0.2, -0.15) is 0 Å². The molecule has 2 aromatic rings. The highest BCUT2D eigenvalue weighted by molar-refractivity contribution is 6.32. The molecule has 1 N–H and O–H groups in total. The van der Waals surface area contributed by atoms with Gasteiger partial charge in [-0.05, 0) is 42.4 Å². The number of hydrogen-bond acceptors (Lipinski definition) is 3. The van der Waals surface area contributed by atoms with Crippen LogP contribution in [0.15, 0.2) is 42.7 Å². The van der Waals surface area contributed by atoms with E-state index >= 15 is 0 Å². The monoisotopic (exact) mass is 276 g/mol. The van der Waals surface area contributed by atoms with E-state index in [2.05, 4.69) is 10.3 Å². The molecule has 0 aliphatic rings. The van der Waals surface area contributed by atoms with Crippen LogP contribution < -0.4 is 10.1 Å². The predicted octanol–water partition coefficient (Wildman–Crippen LogP) is 3.08. The zero-order valence-corrected chi connectivity index (χ0v) is 11.7. The Kier molecular flexibility index (Phi) is 5.19. The number of pyridine rings is 1. The van der Waals surface area contributed by atoms with Crippen LogP contribution in [0.1, 0.15) is 11.1 Å². The van der Waals surface area contributed by atoms with Gasteiger partial charge in [0.15, 0.2) is 0 Å². The topological polar surface area (TPSA) is 34.1 Å². The molecule has 100 valence electrons. The van der Waals surface area contributed by atoms with Crippen molar-refractivity contribution in [2.45, 2.75) is 13.0 Å². The number of ether oxygens (including phenoxy) is 1. The Labute approximate surface area is 118 Å². The molecule has 0 unspecified atom stereocenters. The summed E-state index contributed by atoms with van der Waals surface area (Å²) in [5.74, 6) is 0.732. The minimum atomic E-state index is 0.606. The summed E-state index contributed by atoms with van der Waals surface area (Å²) in [7, 11) is 1.91. The lowest BCUT2D eigenvalue weighted by Crippen LogP contribution is -2.05. The molecule has 19 heavy (non-hydrogen) atoms. The Balaban J connectivity index is 1.89. The highest BCUT2D eigenvalue weighted by Crippen LogP contribution is 2.25. The van der Waals surface area contributed by atoms with E-state index in [-0.39, 0.29) is 0 Å². The summed E-state index contributed by atoms with van der Waals surface area (Å²) in [6.07, 6.45) is 4.42. The maximum Gasteiger partial charge on any atom is 0.137 e. The molecule has 0 aliphatic heterocycles. The molecule has 0 radical (unpaired) electrons. The predicted molar refractivity (Wildman–Crippen MR) is 77.7 cm³/mol. The molecule has 0 atom stereocenters. The minimum absolute atomic E-state index is 0.606. The zero-order valence-electron chi connectivity index (χ0n) is 10.9. The van der Waals surface area contributed by atoms with Gasteiger partial charge in [0.25, 0.3) is 0 Å². The van der Waals surface area contributed by atoms with E-state index in [4.69, 9.17) is 16.3 Å². The van der Waals surface area contributed by atoms with Crippen LogP contribution in [-0.2, 0) is 13.0 Å². The van der Waals surface area contributed by atoms with Crippen LogP contribution in [0.3, 0.4) is 0 Å². The van der Waals surface area contributed by atoms with E-state index in [1.165, 1.54) is 5.56 Å². The van der Waals surface area contributed by atoms with Crippen molar-refractivity contribution in [1.82, 2.24) is 10.3 Å². The van der Waals surface area contributed by atoms with Crippen molar-refractivity contribution in [2.24, 2.45) is 0 Å². The van der Waals surface area contributed by atoms with E-state index < -0.39 is 0 Å². The lowest BCUT2D eigenvalue weighted by molar-refractivity contribution is 0.322. The molecule has 0 fully saturated rings. The molecular weight excluding hydrogens is 260 g/mol. The summed E-state index contributed by atoms with van der Waals surface area (Å²) in [5, 5.41) is 3.75. The van der Waals surface area contributed by atoms with Crippen LogP contribution in [0.25, 0.3) is 0 Å². The Morgan fingerprint density at radius 1 is 1.16 bits per heavy atom. The number of hydrogen-bond donors (Lipinski definition) is 1. The first-order valence-corrected chi connectivity index (χ1v) is 6.62. The third kappa shape index (κ3) is 4.23. The number of nitrogens with one attached hydrogen (secondary N) is 1. The van der Waals surface area contributed by atoms with Crippen molar-refractivity contribution in [3.63, 3.8) is 0 Å². The first kappa shape index (κ1) is 13.8. The van der Waals surface area contributed by atoms with Crippen molar-refractivity contribution < 1.29 is 4.74 Å². The Hall–Kier alpha value is -1.58. The second-order valence-electron chi connectivity index (χ2n) is 4.25. The summed E-state index contributed by atoms with van der Waals surface area (Å²) in [5.41, 5.74) is 2.35. The SMILES string of the molecule is CNCc1ccc(OCCc2ccncc2)c(Cl)c1. The lowest BCUT2D eigenvalue weighted by atomic mass is 10.2. The lowest BCUT2D eigenvalue weighted by Gasteiger charge is -2.09. The molecule has 0 aliphatic carbocycles. The van der Waals surface area contributed by atoms with Crippen molar-refractivity contribution in [2.75, 3.05) is 13.7 Å². The average molecular weight is 277 g/mol. The molecular formula is C15H17ClN2O. The van der Waals surface area contributed by atoms with Gasteiger partial charge < -0.3 is 10.1 Å². The summed E-state index contributed by atoms with van der Waals surface area (Å²) in [4.78, 5) is 3.99. The number of benzene rings is 1. The maximum atomic E-state index is 6.18. The van der Waals surface area contributed by atoms with Gasteiger partial charge in [0.2, 0.25) is 0 Å². The van der Waals surface area contributed by atoms with Gasteiger partial charge in [0.05, 0.1) is 11.6 Å². The van der Waals surface area contributed by atoms with E-state index in [0.29, 0.717) is 11.6 Å². The fourth-order valence-corrected chi connectivity index (χ4v) is 2.06. The fraction of sp³-hybridized carbons (Fsp3) is 0.267. The Bertz CT molecular complexity index is 517. The van der Waals surface area contributed by atoms with Gasteiger partial charge in [-0.15, -0.1) is 0 Å². The van der Waals surface area contributed by atoms with Gasteiger partial charge in [0.1, 0.15) is 5.75 Å². The number of halogens is 1. The highest BCUT2D eigenvalue weighted by atomic mass is 35.5. The number of aromatic nitrogens is 1. The molecule has 0 bridgehead atoms. The standard InChI is InChI=1S/C15H17ClN2O/c1-17-11-13-2-3-15(14(16)10-13)19-9-6-12-4-7-18-8-5-12/h2-5,7-8,10,17H,6,9,11H2,1H3. The normalized spacial score (nSPS) is 10.4. The van der Waals surface area contributed by atoms with Gasteiger partial charge >= 0.3 is 0 Å². The summed E-state index contributed by atoms with van der Waals surface area (Å²) < 4.78 is 5.70. The molecule has 1 aromatic heterocycles. The summed E-state index contributed by atoms with van der Waals surface area (Å²) in [6, 6.07) is 9.84. The van der Waals surface area contributed by atoms with Crippen LogP contribution in [0.4, 0.5) is 0 Å². The molecule has 1 heterocycles. The second kappa shape index (κ2) is 7.12. The van der Waals surface area contributed by atoms with Crippen LogP contribution in [0.5, 0.6) is 5.75 Å². The van der Waals surface area contributed by atoms with Crippen molar-refractivity contribution >= 4 is 11.6 Å². The van der Waals surface area contributed by atoms with E-state index in [1.807, 2.05) is 37.4 Å². The highest BCUT2D eigenvalue weighted by Gasteiger charge is 2.03. The second-order valence-corrected chi connectivity index (χ2v) is 4.66. The van der Waals surface area contributed by atoms with E-state index in [1.54, 1.807) is 12.4 Å². The maximum absolute atomic E-state index is 6.18. The minimum Gasteiger partial charge on any atom is -0.492 e. The fourth-order valence-electron chi connectivity index (χ4n) is 1.80. The Morgan fingerprint density at radius 3 is 2.63 bits per heavy atom. The van der Waals surface area contributed by atoms with Gasteiger partial charge in [-0.1, -0.05) is 17.7 Å². The molecule has 0 spiro atoms. The zero-order chi connectivity index (χ0) is 13.5. The largest absolute Gasteiger partial charge is 0.492 e. The molecule has 0 amide bonds. The first-order chi connectivity index (χ1) is 9.29. The van der Waals surface area contributed by atoms with Gasteiger partial charge in [0, 0.05) is 25.4 Å². The number of nitrogens with zero attached hydrogens (tertiary/aromatic N) is 1. The molecule has 2 rings (SSSR count). The van der Waals surface area contributed by atoms with Crippen molar-refractivity contribution in [3.8, 4) is 5.75 Å². The van der Waals surface area contributed by atoms with Crippen LogP contribution in [0.2, 0.25) is 5.02 Å². The van der Waals surface area contributed by atoms with E-state index in [0.717, 1.165) is 24.3 Å². The van der Waals surface area contributed by atoms with Crippen molar-refractivity contribution in [1.29, 1.82) is 0 Å². The number of rotatable bonds is 6. The molecule has 4 heteroatoms. The molecule has 0 saturated heterocycles. The Morgan fingerprint density at radius 2 is 1.95 bits per heavy atom. The summed E-state index contributed by atoms with van der Waals surface area (Å²) in [6.45, 7) is 1.41. The quantitative estimate of drug-likeness (QED) is 0.880. The molecule has 0 saturated carbocycles. The average Bonchev–Trinajstić information content (AvgIpc) is 2.43. The van der Waals surface area contributed by atoms with Crippen molar-refractivity contribution in [3.05, 3.63) is 58.9 Å². The van der Waals surface area contributed by atoms with Crippen LogP contribution >= 0.6 is 11.6 Å².